The minimum absolute atomic E-state index is 0.179. The van der Waals surface area contributed by atoms with E-state index in [1.54, 1.807) is 11.3 Å². The molecule has 21 heavy (non-hydrogen) atoms. The third-order valence-electron chi connectivity index (χ3n) is 4.16. The molecule has 0 aliphatic carbocycles. The van der Waals surface area contributed by atoms with Gasteiger partial charge < -0.3 is 9.47 Å². The normalized spacial score (nSPS) is 19.0. The second-order valence-corrected chi connectivity index (χ2v) is 6.79. The number of imidazole rings is 1. The lowest BCUT2D eigenvalue weighted by molar-refractivity contribution is 0.0708. The summed E-state index contributed by atoms with van der Waals surface area (Å²) in [6.45, 7) is 5.66. The summed E-state index contributed by atoms with van der Waals surface area (Å²) in [5.41, 5.74) is 2.13. The van der Waals surface area contributed by atoms with Crippen LogP contribution in [0.1, 0.15) is 45.5 Å². The fraction of sp³-hybridized carbons (Fsp3) is 0.500. The van der Waals surface area contributed by atoms with E-state index < -0.39 is 0 Å². The second-order valence-electron chi connectivity index (χ2n) is 5.87. The first-order chi connectivity index (χ1) is 10.1. The summed E-state index contributed by atoms with van der Waals surface area (Å²) in [5, 5.41) is 1.99. The summed E-state index contributed by atoms with van der Waals surface area (Å²) in [5.74, 6) is 1.63. The van der Waals surface area contributed by atoms with Crippen LogP contribution in [-0.2, 0) is 7.05 Å². The molecule has 3 rings (SSSR count). The molecule has 1 fully saturated rings. The predicted octanol–water partition coefficient (Wildman–Crippen LogP) is 3.12. The Morgan fingerprint density at radius 1 is 1.43 bits per heavy atom. The van der Waals surface area contributed by atoms with Crippen molar-refractivity contribution >= 4 is 17.2 Å². The Bertz CT molecular complexity index is 658. The van der Waals surface area contributed by atoms with E-state index in [1.807, 2.05) is 37.2 Å². The molecular formula is C16H21N3OS. The second kappa shape index (κ2) is 5.64. The molecule has 0 spiro atoms. The van der Waals surface area contributed by atoms with Crippen molar-refractivity contribution in [2.75, 3.05) is 13.1 Å². The number of amides is 1. The van der Waals surface area contributed by atoms with Gasteiger partial charge in [-0.3, -0.25) is 4.79 Å². The Kier molecular flexibility index (Phi) is 3.85. The first kappa shape index (κ1) is 14.3. The van der Waals surface area contributed by atoms with E-state index in [-0.39, 0.29) is 5.91 Å². The van der Waals surface area contributed by atoms with Crippen LogP contribution in [0.4, 0.5) is 0 Å². The highest BCUT2D eigenvalue weighted by Gasteiger charge is 2.28. The van der Waals surface area contributed by atoms with Crippen molar-refractivity contribution in [1.29, 1.82) is 0 Å². The van der Waals surface area contributed by atoms with Gasteiger partial charge in [-0.05, 0) is 43.7 Å². The van der Waals surface area contributed by atoms with E-state index in [9.17, 15) is 4.79 Å². The highest BCUT2D eigenvalue weighted by molar-refractivity contribution is 7.12. The van der Waals surface area contributed by atoms with Crippen LogP contribution in [0.25, 0.3) is 0 Å². The number of hydrogen-bond donors (Lipinski definition) is 0. The number of nitrogens with zero attached hydrogens (tertiary/aromatic N) is 3. The third kappa shape index (κ3) is 2.75. The molecule has 5 heteroatoms. The highest BCUT2D eigenvalue weighted by atomic mass is 32.1. The van der Waals surface area contributed by atoms with E-state index in [2.05, 4.69) is 15.7 Å². The number of thiophene rings is 1. The largest absolute Gasteiger partial charge is 0.337 e. The zero-order chi connectivity index (χ0) is 15.0. The van der Waals surface area contributed by atoms with Gasteiger partial charge in [-0.1, -0.05) is 0 Å². The van der Waals surface area contributed by atoms with E-state index in [0.717, 1.165) is 47.9 Å². The smallest absolute Gasteiger partial charge is 0.264 e. The number of aryl methyl sites for hydroxylation is 3. The lowest BCUT2D eigenvalue weighted by atomic mass is 9.97. The van der Waals surface area contributed by atoms with Crippen molar-refractivity contribution in [3.63, 3.8) is 0 Å². The van der Waals surface area contributed by atoms with E-state index in [1.165, 1.54) is 0 Å². The Morgan fingerprint density at radius 3 is 2.86 bits per heavy atom. The van der Waals surface area contributed by atoms with E-state index in [0.29, 0.717) is 5.92 Å². The molecule has 2 aromatic rings. The van der Waals surface area contributed by atoms with Crippen LogP contribution in [0.5, 0.6) is 0 Å². The summed E-state index contributed by atoms with van der Waals surface area (Å²) in [6.07, 6.45) is 4.21. The molecule has 0 aromatic carbocycles. The molecule has 1 saturated heterocycles. The van der Waals surface area contributed by atoms with Gasteiger partial charge in [0.05, 0.1) is 10.6 Å². The molecule has 1 atom stereocenters. The Labute approximate surface area is 129 Å². The van der Waals surface area contributed by atoms with Crippen LogP contribution >= 0.6 is 11.3 Å². The average Bonchev–Trinajstić information content (AvgIpc) is 3.03. The molecule has 0 bridgehead atoms. The molecular weight excluding hydrogens is 282 g/mol. The third-order valence-corrected chi connectivity index (χ3v) is 5.17. The summed E-state index contributed by atoms with van der Waals surface area (Å²) in [4.78, 5) is 20.2. The zero-order valence-electron chi connectivity index (χ0n) is 12.8. The monoisotopic (exact) mass is 303 g/mol. The van der Waals surface area contributed by atoms with E-state index in [4.69, 9.17) is 0 Å². The standard InChI is InChI=1S/C16H21N3OS/c1-11-6-8-21-14(11)16(20)19-7-4-5-13(10-19)15-17-12(2)9-18(15)3/h6,8-9,13H,4-5,7,10H2,1-3H3/t13-/m1/s1. The van der Waals surface area contributed by atoms with Gasteiger partial charge in [0, 0.05) is 32.3 Å². The quantitative estimate of drug-likeness (QED) is 0.855. The molecule has 1 amide bonds. The maximum absolute atomic E-state index is 12.7. The molecule has 1 aliphatic heterocycles. The Morgan fingerprint density at radius 2 is 2.24 bits per heavy atom. The van der Waals surface area contributed by atoms with Gasteiger partial charge in [-0.2, -0.15) is 0 Å². The number of piperidine rings is 1. The maximum atomic E-state index is 12.7. The van der Waals surface area contributed by atoms with Crippen LogP contribution in [0, 0.1) is 13.8 Å². The zero-order valence-corrected chi connectivity index (χ0v) is 13.6. The van der Waals surface area contributed by atoms with Crippen molar-refractivity contribution in [3.8, 4) is 0 Å². The van der Waals surface area contributed by atoms with Crippen LogP contribution < -0.4 is 0 Å². The van der Waals surface area contributed by atoms with Crippen molar-refractivity contribution in [2.24, 2.45) is 7.05 Å². The van der Waals surface area contributed by atoms with Gasteiger partial charge >= 0.3 is 0 Å². The molecule has 0 unspecified atom stereocenters. The number of hydrogen-bond acceptors (Lipinski definition) is 3. The summed E-state index contributed by atoms with van der Waals surface area (Å²) in [7, 11) is 2.04. The summed E-state index contributed by atoms with van der Waals surface area (Å²) in [6, 6.07) is 2.02. The highest BCUT2D eigenvalue weighted by Crippen LogP contribution is 2.28. The van der Waals surface area contributed by atoms with Crippen LogP contribution in [0.15, 0.2) is 17.6 Å². The topological polar surface area (TPSA) is 38.1 Å². The van der Waals surface area contributed by atoms with Gasteiger partial charge in [0.15, 0.2) is 0 Å². The van der Waals surface area contributed by atoms with Crippen molar-refractivity contribution in [2.45, 2.75) is 32.6 Å². The first-order valence-corrected chi connectivity index (χ1v) is 8.27. The number of rotatable bonds is 2. The minimum atomic E-state index is 0.179. The molecule has 112 valence electrons. The van der Waals surface area contributed by atoms with Crippen LogP contribution in [-0.4, -0.2) is 33.4 Å². The summed E-state index contributed by atoms with van der Waals surface area (Å²) >= 11 is 1.54. The maximum Gasteiger partial charge on any atom is 0.264 e. The van der Waals surface area contributed by atoms with Crippen LogP contribution in [0.2, 0.25) is 0 Å². The molecule has 0 saturated carbocycles. The lowest BCUT2D eigenvalue weighted by Crippen LogP contribution is -2.39. The minimum Gasteiger partial charge on any atom is -0.337 e. The number of likely N-dealkylation sites (tertiary alicyclic amines) is 1. The summed E-state index contributed by atoms with van der Waals surface area (Å²) < 4.78 is 2.10. The van der Waals surface area contributed by atoms with E-state index >= 15 is 0 Å². The van der Waals surface area contributed by atoms with Gasteiger partial charge in [-0.15, -0.1) is 11.3 Å². The van der Waals surface area contributed by atoms with Crippen molar-refractivity contribution in [1.82, 2.24) is 14.5 Å². The van der Waals surface area contributed by atoms with Gasteiger partial charge in [0.25, 0.3) is 5.91 Å². The fourth-order valence-corrected chi connectivity index (χ4v) is 4.01. The number of carbonyl (C=O) groups excluding carboxylic acids is 1. The molecule has 3 heterocycles. The lowest BCUT2D eigenvalue weighted by Gasteiger charge is -2.32. The van der Waals surface area contributed by atoms with Crippen LogP contribution in [0.3, 0.4) is 0 Å². The first-order valence-electron chi connectivity index (χ1n) is 7.39. The van der Waals surface area contributed by atoms with Gasteiger partial charge in [0.2, 0.25) is 0 Å². The molecule has 0 N–H and O–H groups in total. The Balaban J connectivity index is 1.79. The van der Waals surface area contributed by atoms with Gasteiger partial charge in [-0.25, -0.2) is 4.98 Å². The average molecular weight is 303 g/mol. The number of carbonyl (C=O) groups is 1. The van der Waals surface area contributed by atoms with Gasteiger partial charge in [0.1, 0.15) is 5.82 Å². The SMILES string of the molecule is Cc1cn(C)c([C@@H]2CCCN(C(=O)c3sccc3C)C2)n1. The number of aromatic nitrogens is 2. The Hall–Kier alpha value is -1.62. The van der Waals surface area contributed by atoms with Crippen molar-refractivity contribution in [3.05, 3.63) is 39.6 Å². The fourth-order valence-electron chi connectivity index (χ4n) is 3.12. The van der Waals surface area contributed by atoms with Crippen molar-refractivity contribution < 1.29 is 4.79 Å². The molecule has 0 radical (unpaired) electrons. The predicted molar refractivity (Wildman–Crippen MR) is 84.9 cm³/mol. The molecule has 4 nitrogen and oxygen atoms in total. The molecule has 2 aromatic heterocycles. The molecule has 1 aliphatic rings.